The molecule has 2 aliphatic heterocycles. The van der Waals surface area contributed by atoms with E-state index in [2.05, 4.69) is 4.98 Å². The Kier molecular flexibility index (Phi) is 5.16. The molecule has 0 radical (unpaired) electrons. The lowest BCUT2D eigenvalue weighted by Crippen LogP contribution is -2.61. The first-order valence-corrected chi connectivity index (χ1v) is 10.7. The summed E-state index contributed by atoms with van der Waals surface area (Å²) in [6.45, 7) is 2.74. The molecule has 1 fully saturated rings. The van der Waals surface area contributed by atoms with E-state index in [1.165, 1.54) is 36.4 Å². The van der Waals surface area contributed by atoms with E-state index in [1.54, 1.807) is 6.07 Å². The largest absolute Gasteiger partial charge is 0.496 e. The van der Waals surface area contributed by atoms with Crippen molar-refractivity contribution < 1.29 is 28.2 Å². The summed E-state index contributed by atoms with van der Waals surface area (Å²) in [4.78, 5) is 19.2. The first-order chi connectivity index (χ1) is 15.8. The van der Waals surface area contributed by atoms with Crippen molar-refractivity contribution in [2.75, 3.05) is 31.7 Å². The van der Waals surface area contributed by atoms with Crippen LogP contribution in [0.1, 0.15) is 6.92 Å². The van der Waals surface area contributed by atoms with Gasteiger partial charge in [0.25, 0.3) is 0 Å². The normalized spacial score (nSPS) is 19.7. The number of hydrogen-bond donors (Lipinski definition) is 1. The zero-order chi connectivity index (χ0) is 23.4. The molecule has 1 saturated heterocycles. The summed E-state index contributed by atoms with van der Waals surface area (Å²) >= 11 is 6.52. The smallest absolute Gasteiger partial charge is 0.407 e. The maximum absolute atomic E-state index is 15.8. The van der Waals surface area contributed by atoms with Crippen molar-refractivity contribution in [3.63, 3.8) is 0 Å². The molecule has 5 rings (SSSR count). The van der Waals surface area contributed by atoms with Crippen LogP contribution in [0.25, 0.3) is 22.0 Å². The van der Waals surface area contributed by atoms with Gasteiger partial charge in [0.05, 0.1) is 35.6 Å². The first-order valence-electron chi connectivity index (χ1n) is 10.3. The number of ether oxygens (including phenoxy) is 2. The highest BCUT2D eigenvalue weighted by molar-refractivity contribution is 6.34. The fourth-order valence-corrected chi connectivity index (χ4v) is 4.97. The summed E-state index contributed by atoms with van der Waals surface area (Å²) in [5, 5.41) is 9.90. The fraction of sp³-hybridized carbons (Fsp3) is 0.304. The monoisotopic (exact) mass is 475 g/mol. The highest BCUT2D eigenvalue weighted by atomic mass is 35.5. The Morgan fingerprint density at radius 1 is 1.30 bits per heavy atom. The van der Waals surface area contributed by atoms with Gasteiger partial charge >= 0.3 is 6.09 Å². The molecule has 0 unspecified atom stereocenters. The first kappa shape index (κ1) is 21.5. The van der Waals surface area contributed by atoms with Crippen molar-refractivity contribution in [2.45, 2.75) is 19.0 Å². The molecule has 1 amide bonds. The Bertz CT molecular complexity index is 1290. The van der Waals surface area contributed by atoms with E-state index >= 15 is 4.39 Å². The van der Waals surface area contributed by atoms with Crippen LogP contribution in [-0.4, -0.2) is 60.0 Å². The molecule has 0 saturated carbocycles. The number of nitrogens with zero attached hydrogens (tertiary/aromatic N) is 3. The molecule has 172 valence electrons. The molecule has 1 aromatic heterocycles. The van der Waals surface area contributed by atoms with E-state index in [0.29, 0.717) is 23.4 Å². The van der Waals surface area contributed by atoms with Gasteiger partial charge in [0.2, 0.25) is 0 Å². The van der Waals surface area contributed by atoms with Crippen molar-refractivity contribution >= 4 is 34.3 Å². The number of hydrogen-bond acceptors (Lipinski definition) is 5. The predicted octanol–water partition coefficient (Wildman–Crippen LogP) is 4.79. The van der Waals surface area contributed by atoms with Crippen molar-refractivity contribution in [3.05, 3.63) is 47.1 Å². The minimum absolute atomic E-state index is 0.00190. The number of carbonyl (C=O) groups is 1. The van der Waals surface area contributed by atoms with Gasteiger partial charge in [-0.3, -0.25) is 0 Å². The zero-order valence-corrected chi connectivity index (χ0v) is 18.6. The van der Waals surface area contributed by atoms with E-state index in [1.807, 2.05) is 11.8 Å². The molecule has 3 heterocycles. The highest BCUT2D eigenvalue weighted by Crippen LogP contribution is 2.46. The van der Waals surface area contributed by atoms with Crippen LogP contribution in [-0.2, 0) is 0 Å². The molecule has 0 spiro atoms. The Labute approximate surface area is 193 Å². The van der Waals surface area contributed by atoms with E-state index in [0.717, 1.165) is 0 Å². The minimum atomic E-state index is -0.995. The Hall–Kier alpha value is -3.33. The number of piperazine rings is 1. The third kappa shape index (κ3) is 3.30. The molecule has 0 bridgehead atoms. The number of benzene rings is 2. The number of halogens is 3. The quantitative estimate of drug-likeness (QED) is 0.574. The number of fused-ring (bicyclic) bond motifs is 5. The van der Waals surface area contributed by atoms with Crippen LogP contribution in [0.4, 0.5) is 19.3 Å². The topological polar surface area (TPSA) is 75.1 Å². The zero-order valence-electron chi connectivity index (χ0n) is 17.8. The SMILES string of the molecule is COc1cccc(F)c1-c1c(Cl)cc2c3c(cnc2c1F)OC[C@H]1CN(C(=O)O)[C@H](C)CN31. The number of rotatable bonds is 2. The third-order valence-corrected chi connectivity index (χ3v) is 6.54. The number of carboxylic acid groups (broad SMARTS) is 1. The predicted molar refractivity (Wildman–Crippen MR) is 119 cm³/mol. The average molecular weight is 476 g/mol. The van der Waals surface area contributed by atoms with Crippen molar-refractivity contribution in [2.24, 2.45) is 0 Å². The minimum Gasteiger partial charge on any atom is -0.496 e. The number of methoxy groups -OCH3 is 1. The van der Waals surface area contributed by atoms with Crippen LogP contribution >= 0.6 is 11.6 Å². The number of pyridine rings is 1. The molecule has 3 aromatic rings. The van der Waals surface area contributed by atoms with Crippen LogP contribution < -0.4 is 14.4 Å². The Morgan fingerprint density at radius 3 is 2.82 bits per heavy atom. The molecule has 0 aliphatic carbocycles. The molecule has 10 heteroatoms. The lowest BCUT2D eigenvalue weighted by Gasteiger charge is -2.47. The maximum atomic E-state index is 15.8. The summed E-state index contributed by atoms with van der Waals surface area (Å²) in [6, 6.07) is 5.22. The second-order valence-electron chi connectivity index (χ2n) is 8.13. The van der Waals surface area contributed by atoms with E-state index in [-0.39, 0.29) is 52.7 Å². The summed E-state index contributed by atoms with van der Waals surface area (Å²) in [5.74, 6) is -0.839. The summed E-state index contributed by atoms with van der Waals surface area (Å²) in [7, 11) is 1.37. The number of aromatic nitrogens is 1. The van der Waals surface area contributed by atoms with Crippen LogP contribution in [0.3, 0.4) is 0 Å². The molecular weight excluding hydrogens is 456 g/mol. The lowest BCUT2D eigenvalue weighted by atomic mass is 9.98. The Balaban J connectivity index is 1.70. The summed E-state index contributed by atoms with van der Waals surface area (Å²) < 4.78 is 41.6. The lowest BCUT2D eigenvalue weighted by molar-refractivity contribution is 0.100. The second-order valence-corrected chi connectivity index (χ2v) is 8.54. The van der Waals surface area contributed by atoms with Gasteiger partial charge in [-0.25, -0.2) is 18.6 Å². The standard InChI is InChI=1S/C23H20ClF2N3O4/c1-11-8-29-12(9-28(11)23(30)31)10-33-17-7-27-21-13(22(17)29)6-14(24)18(20(21)26)19-15(25)4-3-5-16(19)32-2/h3-7,11-12H,8-10H2,1-2H3,(H,30,31)/t11-,12-/m1/s1. The van der Waals surface area contributed by atoms with Crippen LogP contribution in [0.5, 0.6) is 11.5 Å². The molecule has 1 N–H and O–H groups in total. The Morgan fingerprint density at radius 2 is 2.09 bits per heavy atom. The van der Waals surface area contributed by atoms with Crippen LogP contribution in [0.2, 0.25) is 5.02 Å². The van der Waals surface area contributed by atoms with Crippen LogP contribution in [0, 0.1) is 11.6 Å². The highest BCUT2D eigenvalue weighted by Gasteiger charge is 2.39. The molecule has 33 heavy (non-hydrogen) atoms. The summed E-state index contributed by atoms with van der Waals surface area (Å²) in [6.07, 6.45) is 0.437. The number of anilines is 1. The molecule has 2 aliphatic rings. The van der Waals surface area contributed by atoms with E-state index in [9.17, 15) is 14.3 Å². The van der Waals surface area contributed by atoms with Gasteiger partial charge in [0.1, 0.15) is 23.7 Å². The summed E-state index contributed by atoms with van der Waals surface area (Å²) in [5.41, 5.74) is 0.391. The van der Waals surface area contributed by atoms with Gasteiger partial charge in [0.15, 0.2) is 11.6 Å². The second kappa shape index (κ2) is 7.91. The molecule has 7 nitrogen and oxygen atoms in total. The van der Waals surface area contributed by atoms with E-state index in [4.69, 9.17) is 21.1 Å². The van der Waals surface area contributed by atoms with Gasteiger partial charge in [-0.2, -0.15) is 0 Å². The van der Waals surface area contributed by atoms with Crippen molar-refractivity contribution in [3.8, 4) is 22.6 Å². The van der Waals surface area contributed by atoms with Gasteiger partial charge in [0, 0.05) is 30.1 Å². The fourth-order valence-electron chi connectivity index (χ4n) is 4.69. The van der Waals surface area contributed by atoms with Crippen molar-refractivity contribution in [1.29, 1.82) is 0 Å². The average Bonchev–Trinajstić information content (AvgIpc) is 2.78. The molecule has 2 atom stereocenters. The van der Waals surface area contributed by atoms with Gasteiger partial charge < -0.3 is 24.4 Å². The van der Waals surface area contributed by atoms with E-state index < -0.39 is 17.7 Å². The van der Waals surface area contributed by atoms with Crippen LogP contribution in [0.15, 0.2) is 30.5 Å². The van der Waals surface area contributed by atoms with Gasteiger partial charge in [-0.15, -0.1) is 0 Å². The van der Waals surface area contributed by atoms with Gasteiger partial charge in [-0.1, -0.05) is 17.7 Å². The maximum Gasteiger partial charge on any atom is 0.407 e. The molecular formula is C23H20ClF2N3O4. The number of amides is 1. The van der Waals surface area contributed by atoms with Crippen molar-refractivity contribution in [1.82, 2.24) is 9.88 Å². The molecule has 2 aromatic carbocycles. The third-order valence-electron chi connectivity index (χ3n) is 6.24. The van der Waals surface area contributed by atoms with Gasteiger partial charge in [-0.05, 0) is 25.1 Å².